The van der Waals surface area contributed by atoms with Gasteiger partial charge in [-0.3, -0.25) is 4.79 Å². The molecule has 0 bridgehead atoms. The third-order valence-electron chi connectivity index (χ3n) is 3.79. The third kappa shape index (κ3) is 2.24. The van der Waals surface area contributed by atoms with Crippen LogP contribution in [0.3, 0.4) is 0 Å². The summed E-state index contributed by atoms with van der Waals surface area (Å²) in [6, 6.07) is 9.40. The molecule has 0 radical (unpaired) electrons. The molecule has 1 aliphatic heterocycles. The highest BCUT2D eigenvalue weighted by Gasteiger charge is 2.42. The number of hydrogen-bond donors (Lipinski definition) is 2. The Balaban J connectivity index is 1.93. The molecule has 1 saturated heterocycles. The fourth-order valence-corrected chi connectivity index (χ4v) is 2.45. The first-order valence-electron chi connectivity index (χ1n) is 6.77. The van der Waals surface area contributed by atoms with Crippen LogP contribution in [0.5, 0.6) is 0 Å². The number of carbonyl (C=O) groups is 1. The molecular formula is C16H14N3O3-. The molecule has 1 atom stereocenters. The minimum absolute atomic E-state index is 0.0134. The van der Waals surface area contributed by atoms with E-state index in [9.17, 15) is 15.2 Å². The summed E-state index contributed by atoms with van der Waals surface area (Å²) in [6.07, 6.45) is 6.04. The molecule has 1 heterocycles. The Kier molecular flexibility index (Phi) is 3.21. The fraction of sp³-hybridized carbons (Fsp3) is 0.125. The van der Waals surface area contributed by atoms with Gasteiger partial charge in [0.2, 0.25) is 5.71 Å². The largest absolute Gasteiger partial charge is 0.612 e. The van der Waals surface area contributed by atoms with Gasteiger partial charge in [-0.25, -0.2) is 0 Å². The van der Waals surface area contributed by atoms with Crippen molar-refractivity contribution in [2.24, 2.45) is 0 Å². The summed E-state index contributed by atoms with van der Waals surface area (Å²) in [5.74, 6) is 0.387. The Hall–Kier alpha value is -3.02. The van der Waals surface area contributed by atoms with Crippen molar-refractivity contribution in [2.45, 2.75) is 12.5 Å². The predicted octanol–water partition coefficient (Wildman–Crippen LogP) is 1.41. The highest BCUT2D eigenvalue weighted by molar-refractivity contribution is 6.02. The topological polar surface area (TPSA) is 90.3 Å². The van der Waals surface area contributed by atoms with Crippen molar-refractivity contribution in [3.05, 3.63) is 82.0 Å². The van der Waals surface area contributed by atoms with Crippen molar-refractivity contribution in [1.29, 1.82) is 0 Å². The van der Waals surface area contributed by atoms with E-state index in [4.69, 9.17) is 0 Å². The normalized spacial score (nSPS) is 23.5. The van der Waals surface area contributed by atoms with Crippen LogP contribution in [0.2, 0.25) is 0 Å². The number of hydrogen-bond acceptors (Lipinski definition) is 4. The van der Waals surface area contributed by atoms with E-state index >= 15 is 0 Å². The maximum absolute atomic E-state index is 12.4. The van der Waals surface area contributed by atoms with E-state index in [0.29, 0.717) is 11.4 Å². The van der Waals surface area contributed by atoms with Crippen LogP contribution in [0.1, 0.15) is 12.5 Å². The summed E-state index contributed by atoms with van der Waals surface area (Å²) in [5, 5.41) is 27.4. The van der Waals surface area contributed by atoms with Gasteiger partial charge in [0.1, 0.15) is 11.4 Å². The number of amides is 1. The van der Waals surface area contributed by atoms with Gasteiger partial charge in [-0.15, -0.1) is 0 Å². The Morgan fingerprint density at radius 3 is 2.27 bits per heavy atom. The Morgan fingerprint density at radius 2 is 1.68 bits per heavy atom. The first-order chi connectivity index (χ1) is 10.5. The summed E-state index contributed by atoms with van der Waals surface area (Å²) in [5.41, 5.74) is 0.695. The number of nitrogens with zero attached hydrogens (tertiary/aromatic N) is 1. The molecule has 1 amide bonds. The van der Waals surface area contributed by atoms with Crippen molar-refractivity contribution in [3.63, 3.8) is 0 Å². The number of carbonyl (C=O) groups excluding carboxylic acids is 1. The van der Waals surface area contributed by atoms with Crippen molar-refractivity contribution < 1.29 is 9.70 Å². The van der Waals surface area contributed by atoms with E-state index in [1.54, 1.807) is 19.1 Å². The molecule has 112 valence electrons. The molecule has 1 aliphatic carbocycles. The van der Waals surface area contributed by atoms with Crippen LogP contribution in [0, 0.1) is 10.4 Å². The van der Waals surface area contributed by atoms with Crippen LogP contribution in [-0.4, -0.2) is 16.5 Å². The maximum Gasteiger partial charge on any atom is 0.255 e. The van der Waals surface area contributed by atoms with Gasteiger partial charge >= 0.3 is 0 Å². The molecule has 0 unspecified atom stereocenters. The molecule has 6 nitrogen and oxygen atoms in total. The summed E-state index contributed by atoms with van der Waals surface area (Å²) in [7, 11) is 0. The van der Waals surface area contributed by atoms with Gasteiger partial charge < -0.3 is 21.0 Å². The first kappa shape index (κ1) is 13.9. The van der Waals surface area contributed by atoms with Gasteiger partial charge in [-0.05, 0) is 24.6 Å². The molecule has 0 aromatic heterocycles. The van der Waals surface area contributed by atoms with Gasteiger partial charge in [0.05, 0.1) is 0 Å². The molecule has 0 saturated carbocycles. The number of nitrogens with one attached hydrogen (secondary N) is 2. The Morgan fingerprint density at radius 1 is 1.05 bits per heavy atom. The first-order valence-corrected chi connectivity index (χ1v) is 6.77. The maximum atomic E-state index is 12.4. The number of rotatable bonds is 1. The van der Waals surface area contributed by atoms with E-state index in [1.165, 1.54) is 12.2 Å². The van der Waals surface area contributed by atoms with E-state index < -0.39 is 10.4 Å². The summed E-state index contributed by atoms with van der Waals surface area (Å²) in [6.45, 7) is 1.80. The molecule has 2 aliphatic rings. The van der Waals surface area contributed by atoms with E-state index in [2.05, 4.69) is 10.6 Å². The average molecular weight is 296 g/mol. The Bertz CT molecular complexity index is 725. The van der Waals surface area contributed by atoms with Crippen molar-refractivity contribution in [2.75, 3.05) is 0 Å². The second-order valence-electron chi connectivity index (χ2n) is 5.25. The quantitative estimate of drug-likeness (QED) is 0.605. The number of allylic oxidation sites excluding steroid dienone is 5. The lowest BCUT2D eigenvalue weighted by Crippen LogP contribution is -2.39. The smallest absolute Gasteiger partial charge is 0.255 e. The zero-order chi connectivity index (χ0) is 15.7. The van der Waals surface area contributed by atoms with Crippen LogP contribution in [-0.2, 0) is 10.3 Å². The summed E-state index contributed by atoms with van der Waals surface area (Å²) in [4.78, 5) is 11.9. The predicted molar refractivity (Wildman–Crippen MR) is 82.4 cm³/mol. The molecule has 1 fully saturated rings. The summed E-state index contributed by atoms with van der Waals surface area (Å²) < 4.78 is 0. The molecule has 3 rings (SSSR count). The lowest BCUT2D eigenvalue weighted by molar-refractivity contribution is -0.377. The van der Waals surface area contributed by atoms with Crippen LogP contribution < -0.4 is 10.6 Å². The molecule has 2 N–H and O–H groups in total. The lowest BCUT2D eigenvalue weighted by Gasteiger charge is -2.22. The molecule has 1 aromatic carbocycles. The lowest BCUT2D eigenvalue weighted by atomic mass is 9.92. The van der Waals surface area contributed by atoms with Crippen molar-refractivity contribution in [1.82, 2.24) is 10.6 Å². The van der Waals surface area contributed by atoms with Gasteiger partial charge in [0, 0.05) is 17.7 Å². The average Bonchev–Trinajstić information content (AvgIpc) is 2.85. The minimum atomic E-state index is -0.863. The second kappa shape index (κ2) is 5.07. The van der Waals surface area contributed by atoms with Gasteiger partial charge in [0.15, 0.2) is 0 Å². The van der Waals surface area contributed by atoms with Crippen LogP contribution >= 0.6 is 0 Å². The third-order valence-corrected chi connectivity index (χ3v) is 3.79. The van der Waals surface area contributed by atoms with Crippen molar-refractivity contribution in [3.8, 4) is 0 Å². The minimum Gasteiger partial charge on any atom is -0.612 e. The number of benzene rings is 1. The molecule has 6 heteroatoms. The van der Waals surface area contributed by atoms with Crippen LogP contribution in [0.15, 0.2) is 66.0 Å². The van der Waals surface area contributed by atoms with E-state index in [0.717, 1.165) is 5.56 Å². The standard InChI is InChI=1S/C16H14N3O3/c1-16(12-5-3-2-4-6-12)15(20)17-14(18-16)11-7-9-13(10-8-11)19(21)22/h2-10,18H,1H3,(H-,17,20,21,22)/q-1/t16-/m1/s1. The van der Waals surface area contributed by atoms with Gasteiger partial charge in [-0.2, -0.15) is 4.90 Å². The summed E-state index contributed by atoms with van der Waals surface area (Å²) >= 11 is 0. The highest BCUT2D eigenvalue weighted by atomic mass is 16.8. The monoisotopic (exact) mass is 296 g/mol. The second-order valence-corrected chi connectivity index (χ2v) is 5.25. The SMILES string of the molecule is C[C@]1(c2ccccc2)NC(=C2C=CC(=[N+]([O-])[O-])C=C2)NC1=O. The van der Waals surface area contributed by atoms with Gasteiger partial charge in [-0.1, -0.05) is 30.3 Å². The zero-order valence-corrected chi connectivity index (χ0v) is 11.9. The molecule has 22 heavy (non-hydrogen) atoms. The molecular weight excluding hydrogens is 282 g/mol. The van der Waals surface area contributed by atoms with Gasteiger partial charge in [0.25, 0.3) is 5.91 Å². The molecule has 0 spiro atoms. The Labute approximate surface area is 127 Å². The van der Waals surface area contributed by atoms with Crippen molar-refractivity contribution >= 4 is 11.6 Å². The van der Waals surface area contributed by atoms with E-state index in [-0.39, 0.29) is 11.6 Å². The van der Waals surface area contributed by atoms with Crippen LogP contribution in [0.4, 0.5) is 0 Å². The molecule has 1 aromatic rings. The zero-order valence-electron chi connectivity index (χ0n) is 11.9. The highest BCUT2D eigenvalue weighted by Crippen LogP contribution is 2.28. The fourth-order valence-electron chi connectivity index (χ4n) is 2.45. The van der Waals surface area contributed by atoms with E-state index in [1.807, 2.05) is 30.3 Å². The van der Waals surface area contributed by atoms with Crippen LogP contribution in [0.25, 0.3) is 0 Å².